The van der Waals surface area contributed by atoms with Gasteiger partial charge < -0.3 is 5.32 Å². The summed E-state index contributed by atoms with van der Waals surface area (Å²) in [6, 6.07) is 7.44. The van der Waals surface area contributed by atoms with Crippen LogP contribution in [-0.4, -0.2) is 16.0 Å². The molecule has 19 heavy (non-hydrogen) atoms. The van der Waals surface area contributed by atoms with Crippen LogP contribution >= 0.6 is 11.8 Å². The van der Waals surface area contributed by atoms with E-state index in [0.29, 0.717) is 17.5 Å². The van der Waals surface area contributed by atoms with Gasteiger partial charge in [0, 0.05) is 23.7 Å². The van der Waals surface area contributed by atoms with E-state index >= 15 is 0 Å². The number of rotatable bonds is 5. The minimum absolute atomic E-state index is 0.216. The second-order valence-corrected chi connectivity index (χ2v) is 5.51. The summed E-state index contributed by atoms with van der Waals surface area (Å²) in [6.07, 6.45) is 3.11. The summed E-state index contributed by atoms with van der Waals surface area (Å²) in [5, 5.41) is 4.00. The van der Waals surface area contributed by atoms with Crippen molar-refractivity contribution >= 4 is 11.8 Å². The van der Waals surface area contributed by atoms with Crippen LogP contribution in [0.25, 0.3) is 0 Å². The Hall–Kier alpha value is -1.46. The summed E-state index contributed by atoms with van der Waals surface area (Å²) in [6.45, 7) is 4.80. The molecule has 2 rings (SSSR count). The Morgan fingerprint density at radius 3 is 2.79 bits per heavy atom. The normalized spacial score (nSPS) is 10.9. The molecule has 0 bridgehead atoms. The third-order valence-electron chi connectivity index (χ3n) is 2.48. The lowest BCUT2D eigenvalue weighted by Crippen LogP contribution is -2.21. The van der Waals surface area contributed by atoms with Gasteiger partial charge in [-0.1, -0.05) is 31.7 Å². The fourth-order valence-electron chi connectivity index (χ4n) is 1.51. The summed E-state index contributed by atoms with van der Waals surface area (Å²) in [5.41, 5.74) is 0.943. The maximum Gasteiger partial charge on any atom is 0.137 e. The average Bonchev–Trinajstić information content (AvgIpc) is 2.40. The number of halogens is 1. The molecule has 5 heteroatoms. The topological polar surface area (TPSA) is 37.8 Å². The van der Waals surface area contributed by atoms with Gasteiger partial charge in [-0.3, -0.25) is 0 Å². The number of nitrogens with zero attached hydrogens (tertiary/aromatic N) is 2. The van der Waals surface area contributed by atoms with E-state index < -0.39 is 0 Å². The molecule has 1 N–H and O–H groups in total. The molecule has 0 spiro atoms. The van der Waals surface area contributed by atoms with E-state index in [1.165, 1.54) is 18.1 Å². The van der Waals surface area contributed by atoms with Crippen LogP contribution < -0.4 is 5.32 Å². The van der Waals surface area contributed by atoms with Crippen molar-refractivity contribution < 1.29 is 4.39 Å². The van der Waals surface area contributed by atoms with Crippen molar-refractivity contribution in [2.45, 2.75) is 36.4 Å². The highest BCUT2D eigenvalue weighted by atomic mass is 32.2. The number of benzene rings is 1. The Morgan fingerprint density at radius 1 is 1.32 bits per heavy atom. The first-order valence-electron chi connectivity index (χ1n) is 6.11. The van der Waals surface area contributed by atoms with Crippen molar-refractivity contribution in [2.24, 2.45) is 0 Å². The van der Waals surface area contributed by atoms with E-state index in [-0.39, 0.29) is 5.82 Å². The van der Waals surface area contributed by atoms with Gasteiger partial charge in [0.15, 0.2) is 0 Å². The molecule has 0 atom stereocenters. The molecule has 0 saturated carbocycles. The summed E-state index contributed by atoms with van der Waals surface area (Å²) < 4.78 is 14.0. The van der Waals surface area contributed by atoms with E-state index in [1.807, 2.05) is 6.07 Å². The molecule has 0 fully saturated rings. The summed E-state index contributed by atoms with van der Waals surface area (Å²) >= 11 is 1.30. The van der Waals surface area contributed by atoms with Crippen LogP contribution in [0, 0.1) is 5.82 Å². The van der Waals surface area contributed by atoms with E-state index in [9.17, 15) is 4.39 Å². The molecule has 2 aromatic rings. The molecule has 0 unspecified atom stereocenters. The molecule has 1 aromatic heterocycles. The van der Waals surface area contributed by atoms with Gasteiger partial charge in [-0.25, -0.2) is 14.4 Å². The predicted octanol–water partition coefficient (Wildman–Crippen LogP) is 3.26. The molecule has 3 nitrogen and oxygen atoms in total. The van der Waals surface area contributed by atoms with Gasteiger partial charge in [-0.05, 0) is 23.8 Å². The van der Waals surface area contributed by atoms with Gasteiger partial charge in [0.25, 0.3) is 0 Å². The highest BCUT2D eigenvalue weighted by Gasteiger charge is 2.06. The van der Waals surface area contributed by atoms with Gasteiger partial charge in [0.2, 0.25) is 0 Å². The summed E-state index contributed by atoms with van der Waals surface area (Å²) in [4.78, 5) is 8.48. The van der Waals surface area contributed by atoms with E-state index in [1.54, 1.807) is 24.4 Å². The molecule has 100 valence electrons. The zero-order valence-electron chi connectivity index (χ0n) is 10.9. The van der Waals surface area contributed by atoms with E-state index in [2.05, 4.69) is 29.1 Å². The number of hydrogen-bond donors (Lipinski definition) is 1. The zero-order chi connectivity index (χ0) is 13.7. The maximum absolute atomic E-state index is 14.0. The van der Waals surface area contributed by atoms with Gasteiger partial charge in [0.1, 0.15) is 17.2 Å². The van der Waals surface area contributed by atoms with E-state index in [4.69, 9.17) is 0 Å². The first-order chi connectivity index (χ1) is 9.15. The molecule has 0 aliphatic rings. The summed E-state index contributed by atoms with van der Waals surface area (Å²) in [7, 11) is 0. The SMILES string of the molecule is CC(C)NCc1ccc(Sc2ccncn2)c(F)c1. The Balaban J connectivity index is 2.07. The highest BCUT2D eigenvalue weighted by Crippen LogP contribution is 2.28. The number of hydrogen-bond acceptors (Lipinski definition) is 4. The number of nitrogens with one attached hydrogen (secondary N) is 1. The molecule has 0 aliphatic carbocycles. The van der Waals surface area contributed by atoms with Gasteiger partial charge in [-0.15, -0.1) is 0 Å². The van der Waals surface area contributed by atoms with Gasteiger partial charge in [-0.2, -0.15) is 0 Å². The van der Waals surface area contributed by atoms with Crippen LogP contribution in [0.2, 0.25) is 0 Å². The zero-order valence-corrected chi connectivity index (χ0v) is 11.7. The van der Waals surface area contributed by atoms with Crippen LogP contribution in [-0.2, 0) is 6.54 Å². The fraction of sp³-hybridized carbons (Fsp3) is 0.286. The highest BCUT2D eigenvalue weighted by molar-refractivity contribution is 7.99. The molecule has 0 aliphatic heterocycles. The second kappa shape index (κ2) is 6.63. The second-order valence-electron chi connectivity index (χ2n) is 4.45. The monoisotopic (exact) mass is 277 g/mol. The lowest BCUT2D eigenvalue weighted by Gasteiger charge is -2.09. The quantitative estimate of drug-likeness (QED) is 0.851. The van der Waals surface area contributed by atoms with Gasteiger partial charge >= 0.3 is 0 Å². The van der Waals surface area contributed by atoms with Gasteiger partial charge in [0.05, 0.1) is 0 Å². The van der Waals surface area contributed by atoms with Crippen LogP contribution in [0.15, 0.2) is 46.7 Å². The lowest BCUT2D eigenvalue weighted by molar-refractivity contribution is 0.574. The van der Waals surface area contributed by atoms with Crippen LogP contribution in [0.4, 0.5) is 4.39 Å². The van der Waals surface area contributed by atoms with Crippen molar-refractivity contribution in [1.29, 1.82) is 0 Å². The fourth-order valence-corrected chi connectivity index (χ4v) is 2.26. The predicted molar refractivity (Wildman–Crippen MR) is 74.5 cm³/mol. The lowest BCUT2D eigenvalue weighted by atomic mass is 10.2. The molecule has 0 amide bonds. The Kier molecular flexibility index (Phi) is 4.87. The van der Waals surface area contributed by atoms with Crippen molar-refractivity contribution in [3.05, 3.63) is 48.2 Å². The molecular formula is C14H16FN3S. The standard InChI is InChI=1S/C14H16FN3S/c1-10(2)17-8-11-3-4-13(12(15)7-11)19-14-5-6-16-9-18-14/h3-7,9-10,17H,8H2,1-2H3. The van der Waals surface area contributed by atoms with Crippen LogP contribution in [0.1, 0.15) is 19.4 Å². The van der Waals surface area contributed by atoms with E-state index in [0.717, 1.165) is 10.6 Å². The Morgan fingerprint density at radius 2 is 2.16 bits per heavy atom. The van der Waals surface area contributed by atoms with Crippen LogP contribution in [0.3, 0.4) is 0 Å². The smallest absolute Gasteiger partial charge is 0.137 e. The molecular weight excluding hydrogens is 261 g/mol. The minimum Gasteiger partial charge on any atom is -0.310 e. The summed E-state index contributed by atoms with van der Waals surface area (Å²) in [5.74, 6) is -0.216. The van der Waals surface area contributed by atoms with Crippen LogP contribution in [0.5, 0.6) is 0 Å². The average molecular weight is 277 g/mol. The third-order valence-corrected chi connectivity index (χ3v) is 3.48. The minimum atomic E-state index is -0.216. The third kappa shape index (κ3) is 4.29. The maximum atomic E-state index is 14.0. The van der Waals surface area contributed by atoms with Crippen molar-refractivity contribution in [1.82, 2.24) is 15.3 Å². The molecule has 1 heterocycles. The Bertz CT molecular complexity index is 531. The first kappa shape index (κ1) is 14.0. The first-order valence-corrected chi connectivity index (χ1v) is 6.92. The molecule has 0 radical (unpaired) electrons. The van der Waals surface area contributed by atoms with Crippen molar-refractivity contribution in [3.8, 4) is 0 Å². The molecule has 1 aromatic carbocycles. The van der Waals surface area contributed by atoms with Crippen molar-refractivity contribution in [3.63, 3.8) is 0 Å². The largest absolute Gasteiger partial charge is 0.310 e. The Labute approximate surface area is 116 Å². The number of aromatic nitrogens is 2. The molecule has 0 saturated heterocycles. The van der Waals surface area contributed by atoms with Crippen molar-refractivity contribution in [2.75, 3.05) is 0 Å².